The Morgan fingerprint density at radius 3 is 2.65 bits per heavy atom. The third-order valence-corrected chi connectivity index (χ3v) is 3.80. The van der Waals surface area contributed by atoms with E-state index in [1.807, 2.05) is 0 Å². The Kier molecular flexibility index (Phi) is 5.04. The monoisotopic (exact) mass is 371 g/mol. The quantitative estimate of drug-likeness (QED) is 0.466. The number of hydrogen-bond donors (Lipinski definition) is 0. The van der Waals surface area contributed by atoms with Gasteiger partial charge in [0.15, 0.2) is 17.2 Å². The van der Waals surface area contributed by atoms with Crippen molar-refractivity contribution in [2.75, 3.05) is 7.11 Å². The van der Waals surface area contributed by atoms with E-state index in [-0.39, 0.29) is 17.3 Å². The fraction of sp³-hybridized carbons (Fsp3) is 0.105. The van der Waals surface area contributed by atoms with Gasteiger partial charge in [-0.15, -0.1) is 0 Å². The smallest absolute Gasteiger partial charge is 0.363 e. The second-order valence-corrected chi connectivity index (χ2v) is 5.73. The van der Waals surface area contributed by atoms with Crippen LogP contribution >= 0.6 is 11.6 Å². The van der Waals surface area contributed by atoms with Crippen LogP contribution in [0.1, 0.15) is 18.1 Å². The number of carbonyl (C=O) groups is 2. The minimum Gasteiger partial charge on any atom is -0.493 e. The maximum Gasteiger partial charge on any atom is 0.363 e. The van der Waals surface area contributed by atoms with Gasteiger partial charge in [0.1, 0.15) is 0 Å². The highest BCUT2D eigenvalue weighted by Crippen LogP contribution is 2.30. The number of rotatable bonds is 4. The van der Waals surface area contributed by atoms with Gasteiger partial charge in [-0.25, -0.2) is 9.79 Å². The van der Waals surface area contributed by atoms with Crippen LogP contribution in [-0.4, -0.2) is 24.9 Å². The average molecular weight is 372 g/mol. The molecule has 0 aliphatic carbocycles. The minimum absolute atomic E-state index is 0.110. The largest absolute Gasteiger partial charge is 0.493 e. The van der Waals surface area contributed by atoms with Crippen LogP contribution < -0.4 is 9.47 Å². The number of nitrogens with zero attached hydrogens (tertiary/aromatic N) is 1. The summed E-state index contributed by atoms with van der Waals surface area (Å²) in [6.07, 6.45) is 1.53. The topological polar surface area (TPSA) is 74.2 Å². The van der Waals surface area contributed by atoms with E-state index >= 15 is 0 Å². The fourth-order valence-corrected chi connectivity index (χ4v) is 2.55. The van der Waals surface area contributed by atoms with Crippen LogP contribution in [0.15, 0.2) is 53.2 Å². The molecule has 3 rings (SSSR count). The summed E-state index contributed by atoms with van der Waals surface area (Å²) in [7, 11) is 1.47. The van der Waals surface area contributed by atoms with Crippen LogP contribution in [0.3, 0.4) is 0 Å². The van der Waals surface area contributed by atoms with Crippen molar-refractivity contribution in [1.82, 2.24) is 0 Å². The van der Waals surface area contributed by atoms with Gasteiger partial charge in [0.25, 0.3) is 0 Å². The molecule has 132 valence electrons. The highest BCUT2D eigenvalue weighted by molar-refractivity contribution is 6.34. The number of carbonyl (C=O) groups excluding carboxylic acids is 2. The van der Waals surface area contributed by atoms with Gasteiger partial charge in [0.2, 0.25) is 5.90 Å². The van der Waals surface area contributed by atoms with Crippen LogP contribution in [0.4, 0.5) is 0 Å². The van der Waals surface area contributed by atoms with Crippen molar-refractivity contribution in [1.29, 1.82) is 0 Å². The summed E-state index contributed by atoms with van der Waals surface area (Å²) >= 11 is 6.11. The maximum absolute atomic E-state index is 12.1. The number of hydrogen-bond acceptors (Lipinski definition) is 6. The van der Waals surface area contributed by atoms with Crippen molar-refractivity contribution >= 4 is 35.5 Å². The average Bonchev–Trinajstić information content (AvgIpc) is 2.95. The Morgan fingerprint density at radius 2 is 1.96 bits per heavy atom. The summed E-state index contributed by atoms with van der Waals surface area (Å²) in [6, 6.07) is 11.8. The maximum atomic E-state index is 12.1. The molecule has 2 aromatic carbocycles. The predicted octanol–water partition coefficient (Wildman–Crippen LogP) is 3.62. The molecule has 0 bridgehead atoms. The number of halogens is 1. The first-order valence-electron chi connectivity index (χ1n) is 7.62. The number of aliphatic imine (C=N–C) groups is 1. The summed E-state index contributed by atoms with van der Waals surface area (Å²) in [5.74, 6) is -0.287. The Balaban J connectivity index is 1.96. The molecule has 0 fully saturated rings. The van der Waals surface area contributed by atoms with Gasteiger partial charge in [-0.05, 0) is 35.9 Å². The van der Waals surface area contributed by atoms with E-state index in [4.69, 9.17) is 25.8 Å². The molecule has 1 heterocycles. The van der Waals surface area contributed by atoms with Gasteiger partial charge < -0.3 is 14.2 Å². The fourth-order valence-electron chi connectivity index (χ4n) is 2.33. The molecule has 0 atom stereocenters. The molecule has 0 radical (unpaired) electrons. The molecule has 26 heavy (non-hydrogen) atoms. The summed E-state index contributed by atoms with van der Waals surface area (Å²) in [5, 5.41) is 0.432. The second-order valence-electron chi connectivity index (χ2n) is 5.32. The SMILES string of the molecule is COc1ccc(/C=C2\N=C(c3ccccc3Cl)OC2=O)cc1OC(C)=O. The van der Waals surface area contributed by atoms with Gasteiger partial charge in [0.05, 0.1) is 17.7 Å². The van der Waals surface area contributed by atoms with Gasteiger partial charge in [-0.3, -0.25) is 4.79 Å². The molecule has 0 N–H and O–H groups in total. The van der Waals surface area contributed by atoms with E-state index in [0.717, 1.165) is 0 Å². The first kappa shape index (κ1) is 17.7. The molecule has 2 aromatic rings. The first-order valence-corrected chi connectivity index (χ1v) is 7.99. The van der Waals surface area contributed by atoms with Crippen molar-refractivity contribution in [3.63, 3.8) is 0 Å². The van der Waals surface area contributed by atoms with E-state index in [0.29, 0.717) is 21.9 Å². The Hall–Kier alpha value is -3.12. The molecule has 0 spiro atoms. The molecular formula is C19H14ClNO5. The molecule has 1 aliphatic heterocycles. The lowest BCUT2D eigenvalue weighted by Crippen LogP contribution is -2.05. The Bertz CT molecular complexity index is 949. The van der Waals surface area contributed by atoms with Crippen LogP contribution in [0.2, 0.25) is 5.02 Å². The zero-order valence-corrected chi connectivity index (χ0v) is 14.7. The number of benzene rings is 2. The zero-order valence-electron chi connectivity index (χ0n) is 14.0. The summed E-state index contributed by atoms with van der Waals surface area (Å²) in [4.78, 5) is 27.5. The van der Waals surface area contributed by atoms with Gasteiger partial charge in [-0.2, -0.15) is 0 Å². The molecule has 0 amide bonds. The summed E-state index contributed by atoms with van der Waals surface area (Å²) in [6.45, 7) is 1.29. The van der Waals surface area contributed by atoms with Crippen LogP contribution in [0, 0.1) is 0 Å². The molecule has 0 aromatic heterocycles. The Morgan fingerprint density at radius 1 is 1.19 bits per heavy atom. The summed E-state index contributed by atoms with van der Waals surface area (Å²) in [5.41, 5.74) is 1.23. The molecule has 7 heteroatoms. The lowest BCUT2D eigenvalue weighted by Gasteiger charge is -2.08. The van der Waals surface area contributed by atoms with E-state index < -0.39 is 11.9 Å². The summed E-state index contributed by atoms with van der Waals surface area (Å²) < 4.78 is 15.5. The highest BCUT2D eigenvalue weighted by atomic mass is 35.5. The molecule has 6 nitrogen and oxygen atoms in total. The van der Waals surface area contributed by atoms with Gasteiger partial charge in [0, 0.05) is 6.92 Å². The normalized spacial score (nSPS) is 14.8. The number of methoxy groups -OCH3 is 1. The minimum atomic E-state index is -0.593. The van der Waals surface area contributed by atoms with Crippen molar-refractivity contribution in [2.24, 2.45) is 4.99 Å². The lowest BCUT2D eigenvalue weighted by atomic mass is 10.1. The third-order valence-electron chi connectivity index (χ3n) is 3.47. The second kappa shape index (κ2) is 7.41. The number of cyclic esters (lactones) is 1. The van der Waals surface area contributed by atoms with Crippen molar-refractivity contribution in [3.8, 4) is 11.5 Å². The van der Waals surface area contributed by atoms with Crippen LogP contribution in [0.25, 0.3) is 6.08 Å². The van der Waals surface area contributed by atoms with Crippen molar-refractivity contribution in [2.45, 2.75) is 6.92 Å². The van der Waals surface area contributed by atoms with E-state index in [1.165, 1.54) is 20.1 Å². The number of esters is 2. The number of ether oxygens (including phenoxy) is 3. The van der Waals surface area contributed by atoms with Gasteiger partial charge in [-0.1, -0.05) is 29.8 Å². The highest BCUT2D eigenvalue weighted by Gasteiger charge is 2.25. The van der Waals surface area contributed by atoms with Crippen molar-refractivity contribution < 1.29 is 23.8 Å². The molecule has 0 saturated carbocycles. The predicted molar refractivity (Wildman–Crippen MR) is 96.4 cm³/mol. The van der Waals surface area contributed by atoms with Gasteiger partial charge >= 0.3 is 11.9 Å². The zero-order chi connectivity index (χ0) is 18.7. The standard InChI is InChI=1S/C19H14ClNO5/c1-11(22)25-17-10-12(7-8-16(17)24-2)9-15-19(23)26-18(21-15)13-5-3-4-6-14(13)20/h3-10H,1-2H3/b15-9-. The molecule has 0 unspecified atom stereocenters. The van der Waals surface area contributed by atoms with E-state index in [9.17, 15) is 9.59 Å². The van der Waals surface area contributed by atoms with Crippen LogP contribution in [-0.2, 0) is 14.3 Å². The van der Waals surface area contributed by atoms with E-state index in [1.54, 1.807) is 42.5 Å². The lowest BCUT2D eigenvalue weighted by molar-refractivity contribution is -0.132. The van der Waals surface area contributed by atoms with Crippen molar-refractivity contribution in [3.05, 3.63) is 64.3 Å². The molecular weight excluding hydrogens is 358 g/mol. The van der Waals surface area contributed by atoms with E-state index in [2.05, 4.69) is 4.99 Å². The third kappa shape index (κ3) is 3.75. The Labute approximate surface area is 154 Å². The molecule has 0 saturated heterocycles. The molecule has 1 aliphatic rings. The van der Waals surface area contributed by atoms with Crippen LogP contribution in [0.5, 0.6) is 11.5 Å². The first-order chi connectivity index (χ1) is 12.5.